The van der Waals surface area contributed by atoms with E-state index in [2.05, 4.69) is 5.32 Å². The average molecular weight is 307 g/mol. The largest absolute Gasteiger partial charge is 0.481 e. The van der Waals surface area contributed by atoms with E-state index in [1.54, 1.807) is 0 Å². The minimum absolute atomic E-state index is 0.00961. The summed E-state index contributed by atoms with van der Waals surface area (Å²) in [5.41, 5.74) is -0.259. The van der Waals surface area contributed by atoms with Crippen molar-refractivity contribution < 1.29 is 24.2 Å². The Bertz CT molecular complexity index is 539. The monoisotopic (exact) mass is 307 g/mol. The molecule has 120 valence electrons. The molecular weight excluding hydrogens is 286 g/mol. The first-order chi connectivity index (χ1) is 10.5. The maximum Gasteiger partial charge on any atom is 0.306 e. The topological polar surface area (TPSA) is 92.7 Å². The molecule has 4 atom stereocenters. The second-order valence-electron chi connectivity index (χ2n) is 7.37. The number of carbonyl (C=O) groups excluding carboxylic acids is 2. The predicted molar refractivity (Wildman–Crippen MR) is 74.9 cm³/mol. The van der Waals surface area contributed by atoms with Crippen LogP contribution in [0, 0.1) is 23.7 Å². The van der Waals surface area contributed by atoms with Crippen LogP contribution in [0.1, 0.15) is 38.5 Å². The molecule has 0 aromatic heterocycles. The lowest BCUT2D eigenvalue weighted by molar-refractivity contribution is -0.165. The molecule has 4 unspecified atom stereocenters. The summed E-state index contributed by atoms with van der Waals surface area (Å²) >= 11 is 0. The molecule has 1 spiro atoms. The molecule has 6 nitrogen and oxygen atoms in total. The summed E-state index contributed by atoms with van der Waals surface area (Å²) in [6, 6.07) is 0. The lowest BCUT2D eigenvalue weighted by atomic mass is 9.69. The smallest absolute Gasteiger partial charge is 0.306 e. The van der Waals surface area contributed by atoms with Crippen LogP contribution in [-0.2, 0) is 19.1 Å². The van der Waals surface area contributed by atoms with Crippen molar-refractivity contribution in [3.05, 3.63) is 0 Å². The second kappa shape index (κ2) is 4.78. The van der Waals surface area contributed by atoms with Crippen molar-refractivity contribution >= 4 is 17.7 Å². The van der Waals surface area contributed by atoms with Crippen LogP contribution in [0.25, 0.3) is 0 Å². The van der Waals surface area contributed by atoms with Gasteiger partial charge in [-0.1, -0.05) is 0 Å². The Morgan fingerprint density at radius 3 is 2.73 bits per heavy atom. The SMILES string of the molecule is O=C(O)C1CC2(CCC(CNC(=O)C3C4CCC(=O)C43)O2)C1. The lowest BCUT2D eigenvalue weighted by Gasteiger charge is -2.42. The summed E-state index contributed by atoms with van der Waals surface area (Å²) in [6.07, 6.45) is 4.41. The van der Waals surface area contributed by atoms with E-state index in [1.807, 2.05) is 0 Å². The normalized spacial score (nSPS) is 45.5. The Balaban J connectivity index is 1.22. The second-order valence-corrected chi connectivity index (χ2v) is 7.37. The van der Waals surface area contributed by atoms with Gasteiger partial charge >= 0.3 is 5.97 Å². The first kappa shape index (κ1) is 14.2. The van der Waals surface area contributed by atoms with Crippen molar-refractivity contribution in [2.24, 2.45) is 23.7 Å². The molecule has 4 aliphatic rings. The fourth-order valence-electron chi connectivity index (χ4n) is 4.69. The Hall–Kier alpha value is -1.43. The van der Waals surface area contributed by atoms with E-state index < -0.39 is 5.97 Å². The van der Waals surface area contributed by atoms with Gasteiger partial charge in [0.15, 0.2) is 0 Å². The van der Waals surface area contributed by atoms with Crippen LogP contribution in [0.4, 0.5) is 0 Å². The summed E-state index contributed by atoms with van der Waals surface area (Å²) in [6.45, 7) is 0.475. The van der Waals surface area contributed by atoms with Crippen molar-refractivity contribution in [3.63, 3.8) is 0 Å². The zero-order valence-electron chi connectivity index (χ0n) is 12.4. The van der Waals surface area contributed by atoms with E-state index in [0.29, 0.717) is 25.8 Å². The third-order valence-corrected chi connectivity index (χ3v) is 6.00. The van der Waals surface area contributed by atoms with Gasteiger partial charge in [0.25, 0.3) is 0 Å². The number of carboxylic acid groups (broad SMARTS) is 1. The Morgan fingerprint density at radius 1 is 1.32 bits per heavy atom. The standard InChI is InChI=1S/C16H21NO5/c18-11-2-1-10-12(11)13(10)14(19)17-7-9-3-4-16(22-9)5-8(6-16)15(20)21/h8-10,12-13H,1-7H2,(H,17,19)(H,20,21). The average Bonchev–Trinajstić information content (AvgIpc) is 2.79. The van der Waals surface area contributed by atoms with E-state index in [9.17, 15) is 14.4 Å². The van der Waals surface area contributed by atoms with Gasteiger partial charge in [-0.05, 0) is 38.0 Å². The summed E-state index contributed by atoms with van der Waals surface area (Å²) in [4.78, 5) is 34.5. The van der Waals surface area contributed by atoms with Gasteiger partial charge in [0.2, 0.25) is 5.91 Å². The van der Waals surface area contributed by atoms with Gasteiger partial charge in [0.1, 0.15) is 5.78 Å². The van der Waals surface area contributed by atoms with Gasteiger partial charge in [-0.15, -0.1) is 0 Å². The van der Waals surface area contributed by atoms with Gasteiger partial charge in [0.05, 0.1) is 23.5 Å². The van der Waals surface area contributed by atoms with Crippen LogP contribution < -0.4 is 5.32 Å². The highest BCUT2D eigenvalue weighted by Crippen LogP contribution is 2.55. The van der Waals surface area contributed by atoms with Gasteiger partial charge < -0.3 is 15.2 Å². The third kappa shape index (κ3) is 2.16. The molecule has 4 fully saturated rings. The molecule has 0 radical (unpaired) electrons. The molecule has 0 aromatic rings. The first-order valence-corrected chi connectivity index (χ1v) is 8.20. The van der Waals surface area contributed by atoms with Gasteiger partial charge in [-0.25, -0.2) is 0 Å². The number of ether oxygens (including phenoxy) is 1. The molecule has 1 amide bonds. The number of rotatable bonds is 4. The van der Waals surface area contributed by atoms with Crippen LogP contribution in [-0.4, -0.2) is 41.0 Å². The van der Waals surface area contributed by atoms with Gasteiger partial charge in [-0.2, -0.15) is 0 Å². The molecule has 6 heteroatoms. The molecule has 22 heavy (non-hydrogen) atoms. The highest BCUT2D eigenvalue weighted by molar-refractivity contribution is 5.96. The highest BCUT2D eigenvalue weighted by atomic mass is 16.5. The highest BCUT2D eigenvalue weighted by Gasteiger charge is 2.61. The van der Waals surface area contributed by atoms with Crippen molar-refractivity contribution in [1.29, 1.82) is 0 Å². The van der Waals surface area contributed by atoms with E-state index in [-0.39, 0.29) is 47.1 Å². The van der Waals surface area contributed by atoms with E-state index in [4.69, 9.17) is 9.84 Å². The maximum absolute atomic E-state index is 12.1. The van der Waals surface area contributed by atoms with E-state index in [1.165, 1.54) is 0 Å². The number of carbonyl (C=O) groups is 3. The number of Topliss-reactive ketones (excluding diaryl/α,β-unsaturated/α-hetero) is 1. The minimum atomic E-state index is -0.740. The fourth-order valence-corrected chi connectivity index (χ4v) is 4.69. The van der Waals surface area contributed by atoms with Crippen molar-refractivity contribution in [2.75, 3.05) is 6.54 Å². The van der Waals surface area contributed by atoms with Crippen molar-refractivity contribution in [2.45, 2.75) is 50.2 Å². The van der Waals surface area contributed by atoms with Crippen LogP contribution in [0.5, 0.6) is 0 Å². The number of ketones is 1. The Labute approximate surface area is 128 Å². The third-order valence-electron chi connectivity index (χ3n) is 6.00. The first-order valence-electron chi connectivity index (χ1n) is 8.20. The quantitative estimate of drug-likeness (QED) is 0.799. The molecule has 1 saturated heterocycles. The number of aliphatic carboxylic acids is 1. The van der Waals surface area contributed by atoms with Crippen LogP contribution in [0.2, 0.25) is 0 Å². The minimum Gasteiger partial charge on any atom is -0.481 e. The fraction of sp³-hybridized carbons (Fsp3) is 0.812. The zero-order chi connectivity index (χ0) is 15.5. The van der Waals surface area contributed by atoms with Crippen molar-refractivity contribution in [1.82, 2.24) is 5.32 Å². The van der Waals surface area contributed by atoms with Crippen molar-refractivity contribution in [3.8, 4) is 0 Å². The summed E-state index contributed by atoms with van der Waals surface area (Å²) in [5.74, 6) is -0.608. The molecule has 4 rings (SSSR count). The number of carboxylic acids is 1. The molecule has 3 aliphatic carbocycles. The molecule has 2 N–H and O–H groups in total. The molecule has 1 heterocycles. The Morgan fingerprint density at radius 2 is 2.09 bits per heavy atom. The zero-order valence-corrected chi connectivity index (χ0v) is 12.4. The number of hydrogen-bond acceptors (Lipinski definition) is 4. The lowest BCUT2D eigenvalue weighted by Crippen LogP contribution is -2.47. The number of nitrogens with one attached hydrogen (secondary N) is 1. The van der Waals surface area contributed by atoms with Crippen LogP contribution >= 0.6 is 0 Å². The Kier molecular flexibility index (Phi) is 3.08. The maximum atomic E-state index is 12.1. The molecule has 3 saturated carbocycles. The summed E-state index contributed by atoms with van der Waals surface area (Å²) in [5, 5.41) is 11.9. The van der Waals surface area contributed by atoms with E-state index >= 15 is 0 Å². The predicted octanol–water partition coefficient (Wildman–Crippen LogP) is 0.740. The van der Waals surface area contributed by atoms with Crippen LogP contribution in [0.3, 0.4) is 0 Å². The molecule has 1 aliphatic heterocycles. The van der Waals surface area contributed by atoms with Gasteiger partial charge in [0, 0.05) is 18.9 Å². The molecule has 0 aromatic carbocycles. The van der Waals surface area contributed by atoms with Gasteiger partial charge in [-0.3, -0.25) is 14.4 Å². The van der Waals surface area contributed by atoms with E-state index in [0.717, 1.165) is 19.3 Å². The summed E-state index contributed by atoms with van der Waals surface area (Å²) in [7, 11) is 0. The number of hydrogen-bond donors (Lipinski definition) is 2. The molecule has 0 bridgehead atoms. The van der Waals surface area contributed by atoms with Crippen LogP contribution in [0.15, 0.2) is 0 Å². The number of amides is 1. The number of fused-ring (bicyclic) bond motifs is 1. The summed E-state index contributed by atoms with van der Waals surface area (Å²) < 4.78 is 5.99. The molecular formula is C16H21NO5.